The highest BCUT2D eigenvalue weighted by Gasteiger charge is 2.52. The van der Waals surface area contributed by atoms with Crippen molar-refractivity contribution in [3.8, 4) is 0 Å². The van der Waals surface area contributed by atoms with Crippen LogP contribution in [0.5, 0.6) is 0 Å². The van der Waals surface area contributed by atoms with E-state index in [9.17, 15) is 0 Å². The zero-order chi connectivity index (χ0) is 14.5. The molecule has 0 amide bonds. The lowest BCUT2D eigenvalue weighted by Crippen LogP contribution is -2.31. The molecule has 1 nitrogen and oxygen atoms in total. The number of hydrogen-bond acceptors (Lipinski definition) is 1. The lowest BCUT2D eigenvalue weighted by Gasteiger charge is -2.34. The van der Waals surface area contributed by atoms with Crippen molar-refractivity contribution in [1.29, 1.82) is 0 Å². The van der Waals surface area contributed by atoms with Crippen LogP contribution in [-0.2, 0) is 0 Å². The third-order valence-electron chi connectivity index (χ3n) is 3.31. The van der Waals surface area contributed by atoms with Crippen molar-refractivity contribution in [2.75, 3.05) is 0 Å². The lowest BCUT2D eigenvalue weighted by atomic mass is 9.89. The van der Waals surface area contributed by atoms with Crippen LogP contribution in [0.2, 0.25) is 0 Å². The van der Waals surface area contributed by atoms with Gasteiger partial charge in [-0.1, -0.05) is 41.5 Å². The van der Waals surface area contributed by atoms with Gasteiger partial charge in [-0.05, 0) is 49.2 Å². The molecule has 0 aromatic heterocycles. The van der Waals surface area contributed by atoms with E-state index < -0.39 is 0 Å². The summed E-state index contributed by atoms with van der Waals surface area (Å²) in [6.07, 6.45) is 0. The van der Waals surface area contributed by atoms with Crippen molar-refractivity contribution in [3.05, 3.63) is 10.6 Å². The van der Waals surface area contributed by atoms with Crippen molar-refractivity contribution in [2.45, 2.75) is 81.3 Å². The van der Waals surface area contributed by atoms with Gasteiger partial charge in [0.05, 0.1) is 0 Å². The topological polar surface area (TPSA) is 3.24 Å². The van der Waals surface area contributed by atoms with E-state index in [2.05, 4.69) is 73.9 Å². The Hall–Kier alpha value is 0.130. The molecule has 0 atom stereocenters. The van der Waals surface area contributed by atoms with Gasteiger partial charge >= 0.3 is 0 Å². The first kappa shape index (κ1) is 16.2. The average molecular weight is 269 g/mol. The summed E-state index contributed by atoms with van der Waals surface area (Å²) in [6, 6.07) is 1.27. The van der Waals surface area contributed by atoms with E-state index in [-0.39, 0.29) is 8.07 Å². The monoisotopic (exact) mass is 269 g/mol. The van der Waals surface area contributed by atoms with Gasteiger partial charge in [-0.2, -0.15) is 0 Å². The molecule has 0 fully saturated rings. The maximum absolute atomic E-state index is 2.73. The molecule has 0 saturated carbocycles. The molecular weight excluding hydrogens is 237 g/mol. The van der Waals surface area contributed by atoms with Crippen LogP contribution in [0, 0.1) is 10.8 Å². The standard InChI is InChI=1S/C16H32NP/c1-11(2)17(12(3)4)18-13(15(5,6)7)14(18)16(8,9)10/h11-12H,1-10H3. The summed E-state index contributed by atoms with van der Waals surface area (Å²) in [4.78, 5) is 0. The van der Waals surface area contributed by atoms with E-state index in [1.165, 1.54) is 0 Å². The molecule has 1 rings (SSSR count). The van der Waals surface area contributed by atoms with E-state index in [0.717, 1.165) is 0 Å². The van der Waals surface area contributed by atoms with Gasteiger partial charge in [0.15, 0.2) is 0 Å². The Balaban J connectivity index is 3.08. The Bertz CT molecular complexity index is 307. The molecule has 0 spiro atoms. The van der Waals surface area contributed by atoms with E-state index in [0.29, 0.717) is 22.9 Å². The van der Waals surface area contributed by atoms with Gasteiger partial charge in [-0.3, -0.25) is 4.67 Å². The second-order valence-corrected chi connectivity index (χ2v) is 10.1. The van der Waals surface area contributed by atoms with Gasteiger partial charge in [-0.15, -0.1) is 0 Å². The molecule has 1 heterocycles. The van der Waals surface area contributed by atoms with Crippen LogP contribution >= 0.6 is 8.07 Å². The molecule has 0 aromatic carbocycles. The Kier molecular flexibility index (Phi) is 4.41. The summed E-state index contributed by atoms with van der Waals surface area (Å²) in [5.41, 5.74) is 0.659. The summed E-state index contributed by atoms with van der Waals surface area (Å²) in [6.45, 7) is 23.6. The molecule has 18 heavy (non-hydrogen) atoms. The van der Waals surface area contributed by atoms with Gasteiger partial charge in [0.1, 0.15) is 0 Å². The van der Waals surface area contributed by atoms with Crippen molar-refractivity contribution in [2.24, 2.45) is 10.8 Å². The molecule has 0 aliphatic carbocycles. The Morgan fingerprint density at radius 2 is 1.00 bits per heavy atom. The molecule has 0 saturated heterocycles. The fourth-order valence-electron chi connectivity index (χ4n) is 2.79. The van der Waals surface area contributed by atoms with E-state index in [1.54, 1.807) is 10.6 Å². The minimum absolute atomic E-state index is 0.129. The Morgan fingerprint density at radius 3 is 1.17 bits per heavy atom. The molecular formula is C16H32NP. The number of hydrogen-bond donors (Lipinski definition) is 0. The highest BCUT2D eigenvalue weighted by molar-refractivity contribution is 7.71. The summed E-state index contributed by atoms with van der Waals surface area (Å²) < 4.78 is 2.73. The lowest BCUT2D eigenvalue weighted by molar-refractivity contribution is 0.325. The van der Waals surface area contributed by atoms with Gasteiger partial charge < -0.3 is 0 Å². The highest BCUT2D eigenvalue weighted by Crippen LogP contribution is 2.81. The predicted molar refractivity (Wildman–Crippen MR) is 85.0 cm³/mol. The summed E-state index contributed by atoms with van der Waals surface area (Å²) >= 11 is 0. The van der Waals surface area contributed by atoms with Crippen molar-refractivity contribution < 1.29 is 0 Å². The number of allylic oxidation sites excluding steroid dienone is 2. The van der Waals surface area contributed by atoms with Crippen LogP contribution in [0.4, 0.5) is 0 Å². The van der Waals surface area contributed by atoms with Gasteiger partial charge in [0, 0.05) is 20.2 Å². The minimum Gasteiger partial charge on any atom is -0.270 e. The quantitative estimate of drug-likeness (QED) is 0.583. The number of rotatable bonds is 3. The maximum atomic E-state index is 2.73. The Morgan fingerprint density at radius 1 is 0.722 bits per heavy atom. The zero-order valence-corrected chi connectivity index (χ0v) is 14.9. The molecule has 0 radical (unpaired) electrons. The predicted octanol–water partition coefficient (Wildman–Crippen LogP) is 5.82. The van der Waals surface area contributed by atoms with Crippen molar-refractivity contribution in [3.63, 3.8) is 0 Å². The molecule has 0 bridgehead atoms. The summed E-state index contributed by atoms with van der Waals surface area (Å²) in [5.74, 6) is 0. The minimum atomic E-state index is -0.129. The fraction of sp³-hybridized carbons (Fsp3) is 0.875. The van der Waals surface area contributed by atoms with Crippen molar-refractivity contribution in [1.82, 2.24) is 4.67 Å². The zero-order valence-electron chi connectivity index (χ0n) is 14.0. The van der Waals surface area contributed by atoms with Crippen LogP contribution in [-0.4, -0.2) is 16.8 Å². The molecule has 1 aliphatic heterocycles. The molecule has 2 heteroatoms. The van der Waals surface area contributed by atoms with Crippen molar-refractivity contribution >= 4 is 8.07 Å². The van der Waals surface area contributed by atoms with E-state index in [1.807, 2.05) is 0 Å². The molecule has 0 aromatic rings. The SMILES string of the molecule is CC(C)N(C(C)C)P1C(C(C)(C)C)=C1C(C)(C)C. The van der Waals surface area contributed by atoms with Gasteiger partial charge in [0.2, 0.25) is 0 Å². The van der Waals surface area contributed by atoms with Gasteiger partial charge in [-0.25, -0.2) is 0 Å². The summed E-state index contributed by atoms with van der Waals surface area (Å²) in [5, 5.41) is 3.49. The first-order valence-corrected chi connectivity index (χ1v) is 8.52. The van der Waals surface area contributed by atoms with Crippen LogP contribution < -0.4 is 0 Å². The third kappa shape index (κ3) is 3.17. The fourth-order valence-corrected chi connectivity index (χ4v) is 6.57. The molecule has 0 N–H and O–H groups in total. The highest BCUT2D eigenvalue weighted by atomic mass is 31.1. The van der Waals surface area contributed by atoms with Gasteiger partial charge in [0.25, 0.3) is 0 Å². The van der Waals surface area contributed by atoms with E-state index >= 15 is 0 Å². The first-order valence-electron chi connectivity index (χ1n) is 7.22. The van der Waals surface area contributed by atoms with Crippen LogP contribution in [0.3, 0.4) is 0 Å². The normalized spacial score (nSPS) is 18.5. The third-order valence-corrected chi connectivity index (χ3v) is 7.11. The molecule has 106 valence electrons. The maximum Gasteiger partial charge on any atom is 0.0220 e. The van der Waals surface area contributed by atoms with Crippen LogP contribution in [0.1, 0.15) is 69.2 Å². The second-order valence-electron chi connectivity index (χ2n) is 8.08. The smallest absolute Gasteiger partial charge is 0.0220 e. The first-order chi connectivity index (χ1) is 7.89. The number of nitrogens with zero attached hydrogens (tertiary/aromatic N) is 1. The van der Waals surface area contributed by atoms with Crippen LogP contribution in [0.25, 0.3) is 0 Å². The summed E-state index contributed by atoms with van der Waals surface area (Å²) in [7, 11) is -0.129. The Labute approximate surface area is 116 Å². The van der Waals surface area contributed by atoms with Crippen LogP contribution in [0.15, 0.2) is 10.6 Å². The largest absolute Gasteiger partial charge is 0.270 e. The average Bonchev–Trinajstić information content (AvgIpc) is 2.74. The molecule has 1 aliphatic rings. The molecule has 0 unspecified atom stereocenters. The van der Waals surface area contributed by atoms with E-state index in [4.69, 9.17) is 0 Å². The second kappa shape index (κ2) is 4.91.